The molecule has 0 radical (unpaired) electrons. The van der Waals surface area contributed by atoms with Gasteiger partial charge in [-0.15, -0.1) is 0 Å². The van der Waals surface area contributed by atoms with Crippen LogP contribution in [0.1, 0.15) is 38.2 Å². The number of hydrogen-bond donors (Lipinski definition) is 3. The van der Waals surface area contributed by atoms with Crippen molar-refractivity contribution in [3.63, 3.8) is 0 Å². The van der Waals surface area contributed by atoms with Crippen LogP contribution in [-0.4, -0.2) is 37.7 Å². The summed E-state index contributed by atoms with van der Waals surface area (Å²) in [5, 5.41) is 20.0. The van der Waals surface area contributed by atoms with Gasteiger partial charge in [-0.2, -0.15) is 5.26 Å². The molecule has 1 saturated carbocycles. The molecule has 1 aliphatic carbocycles. The molecule has 42 heavy (non-hydrogen) atoms. The van der Waals surface area contributed by atoms with E-state index >= 15 is 0 Å². The van der Waals surface area contributed by atoms with Gasteiger partial charge in [0.05, 0.1) is 37.0 Å². The molecule has 0 atom stereocenters. The number of nitrogens with one attached hydrogen (secondary N) is 3. The highest BCUT2D eigenvalue weighted by Crippen LogP contribution is 2.37. The summed E-state index contributed by atoms with van der Waals surface area (Å²) in [7, 11) is 1.60. The highest BCUT2D eigenvalue weighted by molar-refractivity contribution is 5.97. The number of anilines is 3. The number of carbonyl (C=O) groups is 1. The number of carbonyl (C=O) groups excluding carboxylic acids is 1. The average Bonchev–Trinajstić information content (AvgIpc) is 3.85. The molecule has 5 rings (SSSR count). The zero-order valence-electron chi connectivity index (χ0n) is 23.9. The quantitative estimate of drug-likeness (QED) is 0.143. The minimum Gasteiger partial charge on any atom is -0.493 e. The molecule has 0 bridgehead atoms. The Bertz CT molecular complexity index is 1580. The fourth-order valence-electron chi connectivity index (χ4n) is 4.40. The van der Waals surface area contributed by atoms with Crippen molar-refractivity contribution in [2.24, 2.45) is 5.92 Å². The predicted molar refractivity (Wildman–Crippen MR) is 164 cm³/mol. The molecule has 3 aromatic carbocycles. The number of aromatic nitrogens is 1. The number of nitrogens with zero attached hydrogens (tertiary/aromatic N) is 2. The van der Waals surface area contributed by atoms with Crippen LogP contribution in [0.3, 0.4) is 0 Å². The standard InChI is InChI=1S/C33H35N5O4/c1-3-4-14-41-31-17-29-28(16-30(31)40-2)33(23(18-34)20-36-29)38-24-10-12-26(13-11-24)42-27-7-5-6-25(15-27)35-21-32(39)37-19-22-8-9-22/h5-7,10-13,15-17,20,22,35H,3-4,8-9,14,19,21H2,1-2H3,(H,36,38)(H,37,39). The summed E-state index contributed by atoms with van der Waals surface area (Å²) in [6, 6.07) is 20.9. The lowest BCUT2D eigenvalue weighted by molar-refractivity contribution is -0.119. The Kier molecular flexibility index (Phi) is 9.24. The molecule has 9 nitrogen and oxygen atoms in total. The van der Waals surface area contributed by atoms with Crippen LogP contribution in [0, 0.1) is 17.2 Å². The summed E-state index contributed by atoms with van der Waals surface area (Å²) >= 11 is 0. The van der Waals surface area contributed by atoms with Gasteiger partial charge >= 0.3 is 0 Å². The highest BCUT2D eigenvalue weighted by Gasteiger charge is 2.21. The number of nitriles is 1. The monoisotopic (exact) mass is 565 g/mol. The number of unbranched alkanes of at least 4 members (excludes halogenated alkanes) is 1. The van der Waals surface area contributed by atoms with E-state index in [0.29, 0.717) is 52.3 Å². The summed E-state index contributed by atoms with van der Waals surface area (Å²) in [5.74, 6) is 3.14. The van der Waals surface area contributed by atoms with Gasteiger partial charge in [0.2, 0.25) is 5.91 Å². The van der Waals surface area contributed by atoms with Crippen molar-refractivity contribution in [1.29, 1.82) is 5.26 Å². The second-order valence-electron chi connectivity index (χ2n) is 10.3. The predicted octanol–water partition coefficient (Wildman–Crippen LogP) is 6.77. The minimum absolute atomic E-state index is 0.0166. The Morgan fingerprint density at radius 3 is 2.62 bits per heavy atom. The van der Waals surface area contributed by atoms with E-state index in [-0.39, 0.29) is 12.5 Å². The van der Waals surface area contributed by atoms with E-state index in [2.05, 4.69) is 33.9 Å². The molecule has 1 aliphatic rings. The Morgan fingerprint density at radius 2 is 1.88 bits per heavy atom. The van der Waals surface area contributed by atoms with E-state index in [9.17, 15) is 10.1 Å². The summed E-state index contributed by atoms with van der Waals surface area (Å²) in [5.41, 5.74) is 3.32. The number of methoxy groups -OCH3 is 1. The van der Waals surface area contributed by atoms with E-state index in [4.69, 9.17) is 14.2 Å². The van der Waals surface area contributed by atoms with Gasteiger partial charge < -0.3 is 30.2 Å². The lowest BCUT2D eigenvalue weighted by Gasteiger charge is -2.15. The molecule has 0 spiro atoms. The number of fused-ring (bicyclic) bond motifs is 1. The normalized spacial score (nSPS) is 12.3. The molecule has 0 saturated heterocycles. The van der Waals surface area contributed by atoms with Crippen LogP contribution in [0.25, 0.3) is 10.9 Å². The van der Waals surface area contributed by atoms with E-state index < -0.39 is 0 Å². The summed E-state index contributed by atoms with van der Waals surface area (Å²) in [6.45, 7) is 3.67. The van der Waals surface area contributed by atoms with Gasteiger partial charge in [-0.05, 0) is 67.6 Å². The largest absolute Gasteiger partial charge is 0.493 e. The van der Waals surface area contributed by atoms with Crippen LogP contribution >= 0.6 is 0 Å². The third-order valence-corrected chi connectivity index (χ3v) is 6.96. The first kappa shape index (κ1) is 28.6. The first-order valence-corrected chi connectivity index (χ1v) is 14.3. The molecule has 0 aliphatic heterocycles. The second kappa shape index (κ2) is 13.6. The lowest BCUT2D eigenvalue weighted by Crippen LogP contribution is -2.31. The number of amides is 1. The molecule has 1 fully saturated rings. The molecule has 3 N–H and O–H groups in total. The average molecular weight is 566 g/mol. The molecule has 216 valence electrons. The highest BCUT2D eigenvalue weighted by atomic mass is 16.5. The minimum atomic E-state index is -0.0166. The number of ether oxygens (including phenoxy) is 3. The van der Waals surface area contributed by atoms with Crippen LogP contribution in [0.4, 0.5) is 17.1 Å². The van der Waals surface area contributed by atoms with E-state index in [1.807, 2.05) is 60.7 Å². The van der Waals surface area contributed by atoms with Crippen LogP contribution in [0.2, 0.25) is 0 Å². The van der Waals surface area contributed by atoms with E-state index in [0.717, 1.165) is 36.1 Å². The van der Waals surface area contributed by atoms with E-state index in [1.54, 1.807) is 13.3 Å². The van der Waals surface area contributed by atoms with E-state index in [1.165, 1.54) is 12.8 Å². The Labute approximate surface area is 245 Å². The summed E-state index contributed by atoms with van der Waals surface area (Å²) < 4.78 is 17.6. The van der Waals surface area contributed by atoms with Crippen LogP contribution in [0.15, 0.2) is 66.9 Å². The SMILES string of the molecule is CCCCOc1cc2ncc(C#N)c(Nc3ccc(Oc4cccc(NCC(=O)NCC5CC5)c4)cc3)c2cc1OC. The van der Waals surface area contributed by atoms with Gasteiger partial charge in [0.15, 0.2) is 11.5 Å². The van der Waals surface area contributed by atoms with Crippen molar-refractivity contribution in [3.8, 4) is 29.1 Å². The first-order chi connectivity index (χ1) is 20.6. The van der Waals surface area contributed by atoms with Gasteiger partial charge in [-0.25, -0.2) is 0 Å². The smallest absolute Gasteiger partial charge is 0.239 e. The van der Waals surface area contributed by atoms with Crippen molar-refractivity contribution in [2.45, 2.75) is 32.6 Å². The van der Waals surface area contributed by atoms with Crippen LogP contribution in [-0.2, 0) is 4.79 Å². The fourth-order valence-corrected chi connectivity index (χ4v) is 4.40. The maximum absolute atomic E-state index is 12.1. The number of pyridine rings is 1. The van der Waals surface area contributed by atoms with Crippen LogP contribution in [0.5, 0.6) is 23.0 Å². The molecule has 1 heterocycles. The fraction of sp³-hybridized carbons (Fsp3) is 0.303. The Balaban J connectivity index is 1.27. The third-order valence-electron chi connectivity index (χ3n) is 6.96. The first-order valence-electron chi connectivity index (χ1n) is 14.3. The number of benzene rings is 3. The van der Waals surface area contributed by atoms with Crippen molar-refractivity contribution in [2.75, 3.05) is 37.4 Å². The van der Waals surface area contributed by atoms with Gasteiger partial charge in [0.1, 0.15) is 17.6 Å². The van der Waals surface area contributed by atoms with Gasteiger partial charge in [-0.3, -0.25) is 9.78 Å². The third kappa shape index (κ3) is 7.40. The summed E-state index contributed by atoms with van der Waals surface area (Å²) in [4.78, 5) is 16.5. The lowest BCUT2D eigenvalue weighted by atomic mass is 10.1. The van der Waals surface area contributed by atoms with Crippen molar-refractivity contribution in [1.82, 2.24) is 10.3 Å². The molecule has 0 unspecified atom stereocenters. The van der Waals surface area contributed by atoms with Crippen molar-refractivity contribution in [3.05, 3.63) is 72.4 Å². The summed E-state index contributed by atoms with van der Waals surface area (Å²) in [6.07, 6.45) is 5.94. The van der Waals surface area contributed by atoms with Crippen molar-refractivity contribution < 1.29 is 19.0 Å². The number of hydrogen-bond acceptors (Lipinski definition) is 8. The Hall–Kier alpha value is -4.97. The number of rotatable bonds is 14. The van der Waals surface area contributed by atoms with Gasteiger partial charge in [-0.1, -0.05) is 19.4 Å². The van der Waals surface area contributed by atoms with Crippen LogP contribution < -0.4 is 30.2 Å². The maximum Gasteiger partial charge on any atom is 0.239 e. The topological polar surface area (TPSA) is 118 Å². The molecular formula is C33H35N5O4. The van der Waals surface area contributed by atoms with Crippen molar-refractivity contribution >= 4 is 33.9 Å². The zero-order valence-corrected chi connectivity index (χ0v) is 23.9. The van der Waals surface area contributed by atoms with Gasteiger partial charge in [0.25, 0.3) is 0 Å². The zero-order chi connectivity index (χ0) is 29.3. The molecule has 1 amide bonds. The maximum atomic E-state index is 12.1. The molecule has 4 aromatic rings. The second-order valence-corrected chi connectivity index (χ2v) is 10.3. The Morgan fingerprint density at radius 1 is 1.05 bits per heavy atom. The molecular weight excluding hydrogens is 530 g/mol. The van der Waals surface area contributed by atoms with Gasteiger partial charge in [0, 0.05) is 41.6 Å². The molecule has 1 aromatic heterocycles. The molecule has 9 heteroatoms.